The number of amides is 1. The lowest BCUT2D eigenvalue weighted by molar-refractivity contribution is -0.132. The van der Waals surface area contributed by atoms with Crippen molar-refractivity contribution in [3.63, 3.8) is 0 Å². The Labute approximate surface area is 221 Å². The molecule has 0 radical (unpaired) electrons. The van der Waals surface area contributed by atoms with Crippen LogP contribution in [0.15, 0.2) is 108 Å². The first-order chi connectivity index (χ1) is 18.5. The number of carbonyl (C=O) groups excluding carboxylic acids is 1. The second-order valence-electron chi connectivity index (χ2n) is 9.75. The fourth-order valence-electron chi connectivity index (χ4n) is 5.19. The summed E-state index contributed by atoms with van der Waals surface area (Å²) in [6, 6.07) is 28.9. The van der Waals surface area contributed by atoms with Gasteiger partial charge in [-0.15, -0.1) is 0 Å². The second kappa shape index (κ2) is 9.80. The van der Waals surface area contributed by atoms with Crippen molar-refractivity contribution in [1.29, 1.82) is 0 Å². The lowest BCUT2D eigenvalue weighted by Gasteiger charge is -2.30. The van der Waals surface area contributed by atoms with Gasteiger partial charge in [0.15, 0.2) is 0 Å². The first-order valence-corrected chi connectivity index (χ1v) is 12.7. The van der Waals surface area contributed by atoms with Gasteiger partial charge in [0.1, 0.15) is 29.3 Å². The van der Waals surface area contributed by atoms with E-state index in [0.29, 0.717) is 30.1 Å². The highest BCUT2D eigenvalue weighted by Gasteiger charge is 2.32. The molecule has 1 N–H and O–H groups in total. The molecule has 0 saturated carbocycles. The molecule has 1 aliphatic rings. The van der Waals surface area contributed by atoms with Crippen LogP contribution in [0.5, 0.6) is 5.75 Å². The SMILES string of the molecule is CC(O)(c1ccncc1)c1cc2cc(CC(=O)N3CCOc4ccccc4C3c3ccccc3)ccc2o1. The summed E-state index contributed by atoms with van der Waals surface area (Å²) in [4.78, 5) is 19.7. The molecule has 0 spiro atoms. The molecule has 2 aromatic heterocycles. The largest absolute Gasteiger partial charge is 0.491 e. The summed E-state index contributed by atoms with van der Waals surface area (Å²) < 4.78 is 12.0. The van der Waals surface area contributed by atoms with Crippen LogP contribution in [0.2, 0.25) is 0 Å². The molecule has 6 rings (SSSR count). The van der Waals surface area contributed by atoms with E-state index in [0.717, 1.165) is 27.8 Å². The molecule has 1 amide bonds. The van der Waals surface area contributed by atoms with Crippen LogP contribution in [0.4, 0.5) is 0 Å². The quantitative estimate of drug-likeness (QED) is 0.335. The molecule has 0 fully saturated rings. The number of fused-ring (bicyclic) bond motifs is 2. The predicted molar refractivity (Wildman–Crippen MR) is 145 cm³/mol. The lowest BCUT2D eigenvalue weighted by atomic mass is 9.94. The zero-order valence-electron chi connectivity index (χ0n) is 21.1. The maximum atomic E-state index is 13.8. The van der Waals surface area contributed by atoms with Crippen molar-refractivity contribution in [3.8, 4) is 5.75 Å². The Morgan fingerprint density at radius 3 is 2.58 bits per heavy atom. The van der Waals surface area contributed by atoms with Crippen molar-refractivity contribution in [3.05, 3.63) is 131 Å². The van der Waals surface area contributed by atoms with E-state index in [-0.39, 0.29) is 18.4 Å². The van der Waals surface area contributed by atoms with Gasteiger partial charge in [-0.25, -0.2) is 0 Å². The highest BCUT2D eigenvalue weighted by molar-refractivity contribution is 5.84. The van der Waals surface area contributed by atoms with Gasteiger partial charge in [-0.1, -0.05) is 54.6 Å². The summed E-state index contributed by atoms with van der Waals surface area (Å²) in [6.07, 6.45) is 3.53. The molecule has 6 nitrogen and oxygen atoms in total. The maximum absolute atomic E-state index is 13.8. The average Bonchev–Trinajstić information content (AvgIpc) is 3.28. The van der Waals surface area contributed by atoms with Crippen LogP contribution >= 0.6 is 0 Å². The monoisotopic (exact) mass is 504 g/mol. The fraction of sp³-hybridized carbons (Fsp3) is 0.188. The van der Waals surface area contributed by atoms with Gasteiger partial charge in [0.05, 0.1) is 19.0 Å². The third-order valence-electron chi connectivity index (χ3n) is 7.21. The van der Waals surface area contributed by atoms with E-state index in [1.807, 2.05) is 71.6 Å². The molecule has 3 heterocycles. The van der Waals surface area contributed by atoms with E-state index in [9.17, 15) is 9.90 Å². The van der Waals surface area contributed by atoms with E-state index in [2.05, 4.69) is 17.1 Å². The van der Waals surface area contributed by atoms with Crippen molar-refractivity contribution < 1.29 is 19.1 Å². The number of para-hydroxylation sites is 1. The van der Waals surface area contributed by atoms with Crippen molar-refractivity contribution in [2.45, 2.75) is 25.0 Å². The third-order valence-corrected chi connectivity index (χ3v) is 7.21. The van der Waals surface area contributed by atoms with Crippen LogP contribution in [0.3, 0.4) is 0 Å². The predicted octanol–water partition coefficient (Wildman–Crippen LogP) is 5.64. The van der Waals surface area contributed by atoms with Crippen LogP contribution in [-0.4, -0.2) is 34.0 Å². The van der Waals surface area contributed by atoms with Gasteiger partial charge < -0.3 is 19.2 Å². The molecule has 0 saturated heterocycles. The molecule has 6 heteroatoms. The number of aromatic nitrogens is 1. The summed E-state index contributed by atoms with van der Waals surface area (Å²) in [5.41, 5.74) is 2.95. The van der Waals surface area contributed by atoms with Gasteiger partial charge >= 0.3 is 0 Å². The highest BCUT2D eigenvalue weighted by Crippen LogP contribution is 2.37. The van der Waals surface area contributed by atoms with Gasteiger partial charge in [-0.2, -0.15) is 0 Å². The van der Waals surface area contributed by atoms with Crippen molar-refractivity contribution in [1.82, 2.24) is 9.88 Å². The van der Waals surface area contributed by atoms with E-state index in [1.54, 1.807) is 31.5 Å². The summed E-state index contributed by atoms with van der Waals surface area (Å²) in [5, 5.41) is 12.0. The average molecular weight is 505 g/mol. The number of pyridine rings is 1. The highest BCUT2D eigenvalue weighted by atomic mass is 16.5. The third kappa shape index (κ3) is 4.44. The normalized spacial score (nSPS) is 16.8. The van der Waals surface area contributed by atoms with Crippen LogP contribution in [0.25, 0.3) is 11.0 Å². The van der Waals surface area contributed by atoms with Crippen molar-refractivity contribution in [2.24, 2.45) is 0 Å². The van der Waals surface area contributed by atoms with E-state index in [1.165, 1.54) is 0 Å². The van der Waals surface area contributed by atoms with Crippen LogP contribution < -0.4 is 4.74 Å². The molecular formula is C32H28N2O4. The summed E-state index contributed by atoms with van der Waals surface area (Å²) in [6.45, 7) is 2.62. The Morgan fingerprint density at radius 1 is 1.00 bits per heavy atom. The maximum Gasteiger partial charge on any atom is 0.227 e. The summed E-state index contributed by atoms with van der Waals surface area (Å²) in [7, 11) is 0. The number of ether oxygens (including phenoxy) is 1. The molecule has 38 heavy (non-hydrogen) atoms. The van der Waals surface area contributed by atoms with Gasteiger partial charge in [0.25, 0.3) is 0 Å². The minimum Gasteiger partial charge on any atom is -0.491 e. The molecule has 1 aliphatic heterocycles. The number of hydrogen-bond donors (Lipinski definition) is 1. The Bertz CT molecular complexity index is 1580. The van der Waals surface area contributed by atoms with E-state index >= 15 is 0 Å². The van der Waals surface area contributed by atoms with Gasteiger partial charge in [-0.3, -0.25) is 9.78 Å². The standard InChI is InChI=1S/C32H28N2O4/c1-32(36,25-13-15-33-16-14-25)29-21-24-19-22(11-12-27(24)38-29)20-30(35)34-17-18-37-28-10-6-5-9-26(28)31(34)23-7-3-2-4-8-23/h2-16,19,21,31,36H,17-18,20H2,1H3. The minimum absolute atomic E-state index is 0.0195. The Balaban J connectivity index is 1.30. The Morgan fingerprint density at radius 2 is 1.76 bits per heavy atom. The summed E-state index contributed by atoms with van der Waals surface area (Å²) >= 11 is 0. The van der Waals surface area contributed by atoms with Gasteiger partial charge in [0, 0.05) is 23.3 Å². The van der Waals surface area contributed by atoms with Crippen molar-refractivity contribution in [2.75, 3.05) is 13.2 Å². The molecule has 0 aliphatic carbocycles. The van der Waals surface area contributed by atoms with Crippen LogP contribution in [0.1, 0.15) is 41.0 Å². The smallest absolute Gasteiger partial charge is 0.227 e. The van der Waals surface area contributed by atoms with Crippen LogP contribution in [-0.2, 0) is 16.8 Å². The molecule has 190 valence electrons. The number of rotatable bonds is 5. The first-order valence-electron chi connectivity index (χ1n) is 12.7. The number of carbonyl (C=O) groups is 1. The second-order valence-corrected chi connectivity index (χ2v) is 9.75. The van der Waals surface area contributed by atoms with E-state index < -0.39 is 5.60 Å². The number of aliphatic hydroxyl groups is 1. The Hall–Kier alpha value is -4.42. The van der Waals surface area contributed by atoms with Crippen LogP contribution in [0, 0.1) is 0 Å². The summed E-state index contributed by atoms with van der Waals surface area (Å²) in [5.74, 6) is 1.27. The Kier molecular flexibility index (Phi) is 6.18. The molecule has 3 aromatic carbocycles. The zero-order chi connectivity index (χ0) is 26.1. The molecule has 0 bridgehead atoms. The van der Waals surface area contributed by atoms with Gasteiger partial charge in [0.2, 0.25) is 5.91 Å². The molecular weight excluding hydrogens is 476 g/mol. The number of benzene rings is 3. The first kappa shape index (κ1) is 23.9. The van der Waals surface area contributed by atoms with E-state index in [4.69, 9.17) is 9.15 Å². The molecule has 5 aromatic rings. The topological polar surface area (TPSA) is 75.8 Å². The number of furan rings is 1. The fourth-order valence-corrected chi connectivity index (χ4v) is 5.19. The van der Waals surface area contributed by atoms with Gasteiger partial charge in [-0.05, 0) is 60.0 Å². The van der Waals surface area contributed by atoms with Crippen molar-refractivity contribution >= 4 is 16.9 Å². The molecule has 2 unspecified atom stereocenters. The minimum atomic E-state index is -1.31. The zero-order valence-corrected chi connectivity index (χ0v) is 21.1. The number of hydrogen-bond acceptors (Lipinski definition) is 5. The number of nitrogens with zero attached hydrogens (tertiary/aromatic N) is 2. The lowest BCUT2D eigenvalue weighted by Crippen LogP contribution is -2.37. The molecule has 2 atom stereocenters.